The van der Waals surface area contributed by atoms with Crippen LogP contribution < -0.4 is 5.32 Å². The van der Waals surface area contributed by atoms with Gasteiger partial charge in [0.2, 0.25) is 0 Å². The first kappa shape index (κ1) is 11.1. The normalized spacial score (nSPS) is 10.1. The zero-order chi connectivity index (χ0) is 11.4. The molecule has 0 radical (unpaired) electrons. The largest absolute Gasteiger partial charge is 0.465 e. The molecular weight excluding hydrogens is 244 g/mol. The van der Waals surface area contributed by atoms with Crippen LogP contribution in [0.15, 0.2) is 23.7 Å². The summed E-state index contributed by atoms with van der Waals surface area (Å²) < 4.78 is 4.61. The van der Waals surface area contributed by atoms with Crippen LogP contribution in [0.1, 0.15) is 14.5 Å². The smallest absolute Gasteiger partial charge is 0.349 e. The Morgan fingerprint density at radius 1 is 1.62 bits per heavy atom. The van der Waals surface area contributed by atoms with Gasteiger partial charge in [0.25, 0.3) is 0 Å². The summed E-state index contributed by atoms with van der Waals surface area (Å²) in [4.78, 5) is 17.0. The van der Waals surface area contributed by atoms with Crippen LogP contribution in [0.3, 0.4) is 0 Å². The number of nitrogens with one attached hydrogen (secondary N) is 1. The fourth-order valence-corrected chi connectivity index (χ4v) is 2.50. The highest BCUT2D eigenvalue weighted by molar-refractivity contribution is 7.17. The molecule has 0 atom stereocenters. The summed E-state index contributed by atoms with van der Waals surface area (Å²) in [6.45, 7) is 0.728. The van der Waals surface area contributed by atoms with Gasteiger partial charge in [-0.1, -0.05) is 17.4 Å². The van der Waals surface area contributed by atoms with Crippen molar-refractivity contribution in [2.45, 2.75) is 6.54 Å². The number of carbonyl (C=O) groups is 1. The minimum Gasteiger partial charge on any atom is -0.465 e. The van der Waals surface area contributed by atoms with E-state index in [2.05, 4.69) is 15.0 Å². The van der Waals surface area contributed by atoms with Crippen LogP contribution in [0.2, 0.25) is 0 Å². The Hall–Kier alpha value is -1.40. The van der Waals surface area contributed by atoms with Gasteiger partial charge in [-0.3, -0.25) is 0 Å². The average Bonchev–Trinajstić information content (AvgIpc) is 2.96. The van der Waals surface area contributed by atoms with E-state index in [4.69, 9.17) is 0 Å². The number of hydrogen-bond donors (Lipinski definition) is 1. The van der Waals surface area contributed by atoms with Crippen molar-refractivity contribution in [3.05, 3.63) is 33.5 Å². The summed E-state index contributed by atoms with van der Waals surface area (Å²) >= 11 is 2.98. The molecule has 2 aromatic rings. The Labute approximate surface area is 101 Å². The molecule has 2 heterocycles. The quantitative estimate of drug-likeness (QED) is 0.852. The number of ether oxygens (including phenoxy) is 1. The molecule has 0 saturated carbocycles. The van der Waals surface area contributed by atoms with Crippen LogP contribution in [-0.2, 0) is 11.3 Å². The van der Waals surface area contributed by atoms with Crippen LogP contribution in [-0.4, -0.2) is 18.1 Å². The lowest BCUT2D eigenvalue weighted by atomic mass is 10.5. The summed E-state index contributed by atoms with van der Waals surface area (Å²) in [6.07, 6.45) is 1.52. The van der Waals surface area contributed by atoms with E-state index >= 15 is 0 Å². The van der Waals surface area contributed by atoms with E-state index in [1.54, 1.807) is 11.3 Å². The number of thiophene rings is 1. The van der Waals surface area contributed by atoms with E-state index in [-0.39, 0.29) is 5.97 Å². The summed E-state index contributed by atoms with van der Waals surface area (Å²) in [6, 6.07) is 4.05. The van der Waals surface area contributed by atoms with Crippen LogP contribution in [0.4, 0.5) is 5.13 Å². The number of anilines is 1. The molecule has 2 rings (SSSR count). The maximum absolute atomic E-state index is 11.2. The molecule has 0 saturated heterocycles. The molecule has 1 N–H and O–H groups in total. The second-order valence-electron chi connectivity index (χ2n) is 2.95. The van der Waals surface area contributed by atoms with Gasteiger partial charge in [0.15, 0.2) is 5.13 Å². The molecular formula is C10H10N2O2S2. The number of nitrogens with zero attached hydrogens (tertiary/aromatic N) is 1. The predicted octanol–water partition coefficient (Wildman–Crippen LogP) is 2.60. The van der Waals surface area contributed by atoms with Crippen molar-refractivity contribution in [2.75, 3.05) is 12.4 Å². The number of thiazole rings is 1. The van der Waals surface area contributed by atoms with Gasteiger partial charge in [0, 0.05) is 4.88 Å². The Kier molecular flexibility index (Phi) is 3.53. The summed E-state index contributed by atoms with van der Waals surface area (Å²) in [5, 5.41) is 5.91. The first-order chi connectivity index (χ1) is 7.79. The number of hydrogen-bond acceptors (Lipinski definition) is 6. The molecule has 0 fully saturated rings. The topological polar surface area (TPSA) is 51.2 Å². The zero-order valence-corrected chi connectivity index (χ0v) is 10.2. The van der Waals surface area contributed by atoms with Crippen molar-refractivity contribution in [1.29, 1.82) is 0 Å². The van der Waals surface area contributed by atoms with Crippen LogP contribution in [0.5, 0.6) is 0 Å². The minimum atomic E-state index is -0.346. The van der Waals surface area contributed by atoms with E-state index in [1.165, 1.54) is 29.5 Å². The van der Waals surface area contributed by atoms with Crippen LogP contribution in [0, 0.1) is 0 Å². The second-order valence-corrected chi connectivity index (χ2v) is 5.02. The van der Waals surface area contributed by atoms with Gasteiger partial charge in [-0.2, -0.15) is 0 Å². The maximum atomic E-state index is 11.2. The molecule has 16 heavy (non-hydrogen) atoms. The van der Waals surface area contributed by atoms with E-state index in [9.17, 15) is 4.79 Å². The third kappa shape index (κ3) is 2.59. The molecule has 0 amide bonds. The monoisotopic (exact) mass is 254 g/mol. The molecule has 0 aliphatic heterocycles. The molecule has 0 aliphatic rings. The average molecular weight is 254 g/mol. The molecule has 4 nitrogen and oxygen atoms in total. The maximum Gasteiger partial charge on any atom is 0.349 e. The molecule has 0 spiro atoms. The molecule has 2 aromatic heterocycles. The van der Waals surface area contributed by atoms with E-state index in [1.807, 2.05) is 17.5 Å². The molecule has 6 heteroatoms. The first-order valence-corrected chi connectivity index (χ1v) is 6.29. The Bertz CT molecular complexity index is 465. The molecule has 84 valence electrons. The SMILES string of the molecule is COC(=O)c1cnc(NCc2cccs2)s1. The van der Waals surface area contributed by atoms with Gasteiger partial charge in [0.05, 0.1) is 19.9 Å². The van der Waals surface area contributed by atoms with Gasteiger partial charge in [0.1, 0.15) is 4.88 Å². The molecule has 0 unspecified atom stereocenters. The molecule has 0 bridgehead atoms. The lowest BCUT2D eigenvalue weighted by molar-refractivity contribution is 0.0606. The highest BCUT2D eigenvalue weighted by Gasteiger charge is 2.09. The standard InChI is InChI=1S/C10H10N2O2S2/c1-14-9(13)8-6-12-10(16-8)11-5-7-3-2-4-15-7/h2-4,6H,5H2,1H3,(H,11,12). The second kappa shape index (κ2) is 5.09. The van der Waals surface area contributed by atoms with Crippen LogP contribution in [0.25, 0.3) is 0 Å². The van der Waals surface area contributed by atoms with Gasteiger partial charge in [-0.15, -0.1) is 11.3 Å². The van der Waals surface area contributed by atoms with Crippen molar-refractivity contribution in [3.8, 4) is 0 Å². The fourth-order valence-electron chi connectivity index (χ4n) is 1.13. The van der Waals surface area contributed by atoms with Gasteiger partial charge >= 0.3 is 5.97 Å². The Balaban J connectivity index is 1.95. The van der Waals surface area contributed by atoms with E-state index < -0.39 is 0 Å². The van der Waals surface area contributed by atoms with Crippen LogP contribution >= 0.6 is 22.7 Å². The number of rotatable bonds is 4. The Morgan fingerprint density at radius 3 is 3.19 bits per heavy atom. The number of carbonyl (C=O) groups excluding carboxylic acids is 1. The minimum absolute atomic E-state index is 0.346. The number of aromatic nitrogens is 1. The highest BCUT2D eigenvalue weighted by Crippen LogP contribution is 2.20. The number of esters is 1. The van der Waals surface area contributed by atoms with Crippen molar-refractivity contribution < 1.29 is 9.53 Å². The molecule has 0 aromatic carbocycles. The van der Waals surface area contributed by atoms with E-state index in [0.717, 1.165) is 11.7 Å². The highest BCUT2D eigenvalue weighted by atomic mass is 32.1. The summed E-state index contributed by atoms with van der Waals surface area (Å²) in [5.74, 6) is -0.346. The third-order valence-corrected chi connectivity index (χ3v) is 3.70. The lowest BCUT2D eigenvalue weighted by Crippen LogP contribution is -1.97. The van der Waals surface area contributed by atoms with Gasteiger partial charge in [-0.25, -0.2) is 9.78 Å². The Morgan fingerprint density at radius 2 is 2.50 bits per heavy atom. The van der Waals surface area contributed by atoms with Gasteiger partial charge in [-0.05, 0) is 11.4 Å². The summed E-state index contributed by atoms with van der Waals surface area (Å²) in [5.41, 5.74) is 0. The van der Waals surface area contributed by atoms with Crippen molar-refractivity contribution in [3.63, 3.8) is 0 Å². The first-order valence-electron chi connectivity index (χ1n) is 4.60. The van der Waals surface area contributed by atoms with E-state index in [0.29, 0.717) is 4.88 Å². The predicted molar refractivity (Wildman–Crippen MR) is 65.1 cm³/mol. The van der Waals surface area contributed by atoms with Crippen molar-refractivity contribution >= 4 is 33.8 Å². The van der Waals surface area contributed by atoms with Gasteiger partial charge < -0.3 is 10.1 Å². The zero-order valence-electron chi connectivity index (χ0n) is 8.60. The number of methoxy groups -OCH3 is 1. The summed E-state index contributed by atoms with van der Waals surface area (Å²) in [7, 11) is 1.36. The third-order valence-electron chi connectivity index (χ3n) is 1.89. The van der Waals surface area contributed by atoms with Crippen molar-refractivity contribution in [2.24, 2.45) is 0 Å². The van der Waals surface area contributed by atoms with Crippen molar-refractivity contribution in [1.82, 2.24) is 4.98 Å². The molecule has 0 aliphatic carbocycles. The fraction of sp³-hybridized carbons (Fsp3) is 0.200. The lowest BCUT2D eigenvalue weighted by Gasteiger charge is -1.98.